The number of carbonyl (C=O) groups is 1. The van der Waals surface area contributed by atoms with Crippen LogP contribution in [0.25, 0.3) is 11.0 Å². The lowest BCUT2D eigenvalue weighted by Crippen LogP contribution is -2.32. The second-order valence-corrected chi connectivity index (χ2v) is 8.43. The van der Waals surface area contributed by atoms with Gasteiger partial charge in [-0.05, 0) is 68.7 Å². The minimum Gasteiger partial charge on any atom is -0.457 e. The third-order valence-corrected chi connectivity index (χ3v) is 5.37. The van der Waals surface area contributed by atoms with Crippen molar-refractivity contribution in [1.82, 2.24) is 14.9 Å². The van der Waals surface area contributed by atoms with Crippen molar-refractivity contribution >= 4 is 34.4 Å². The van der Waals surface area contributed by atoms with Gasteiger partial charge in [0.1, 0.15) is 17.3 Å². The molecule has 194 valence electrons. The van der Waals surface area contributed by atoms with Crippen molar-refractivity contribution < 1.29 is 27.1 Å². The summed E-state index contributed by atoms with van der Waals surface area (Å²) in [6, 6.07) is 11.7. The highest BCUT2D eigenvalue weighted by molar-refractivity contribution is 5.98. The maximum Gasteiger partial charge on any atom is 0.416 e. The number of aromatic amines is 1. The highest BCUT2D eigenvalue weighted by atomic mass is 19.4. The summed E-state index contributed by atoms with van der Waals surface area (Å²) < 4.78 is 59.6. The topological polar surface area (TPSA) is 99.5 Å². The first-order chi connectivity index (χ1) is 17.5. The summed E-state index contributed by atoms with van der Waals surface area (Å²) in [7, 11) is 3.96. The number of aromatic nitrogens is 2. The normalized spacial score (nSPS) is 11.6. The molecular weight excluding hydrogens is 492 g/mol. The smallest absolute Gasteiger partial charge is 0.416 e. The number of benzene rings is 3. The van der Waals surface area contributed by atoms with Crippen LogP contribution in [0.1, 0.15) is 5.56 Å². The van der Waals surface area contributed by atoms with Crippen molar-refractivity contribution in [3.8, 4) is 11.5 Å². The number of fused-ring (bicyclic) bond motifs is 1. The second kappa shape index (κ2) is 10.3. The van der Waals surface area contributed by atoms with E-state index in [0.717, 1.165) is 24.1 Å². The molecule has 1 heterocycles. The van der Waals surface area contributed by atoms with Gasteiger partial charge in [-0.3, -0.25) is 4.90 Å². The monoisotopic (exact) mass is 516 g/mol. The van der Waals surface area contributed by atoms with Crippen molar-refractivity contribution in [2.24, 2.45) is 5.73 Å². The largest absolute Gasteiger partial charge is 0.457 e. The number of nitrogens with one attached hydrogen (secondary N) is 2. The summed E-state index contributed by atoms with van der Waals surface area (Å²) in [5.74, 6) is 0.475. The van der Waals surface area contributed by atoms with Gasteiger partial charge in [-0.2, -0.15) is 13.2 Å². The standard InChI is InChI=1S/C25H24F4N6O2/c1-34(2)12-11-31-24-32-20-10-8-18(14-21(20)33-24)37-17-6-4-16(5-7-17)35(23(30)36)22-13-15(25(27,28)29)3-9-19(22)26/h3-10,13-14H,11-12H2,1-2H3,(H2,30,36)(H2,31,32,33). The van der Waals surface area contributed by atoms with Crippen LogP contribution in [0.5, 0.6) is 11.5 Å². The number of anilines is 3. The van der Waals surface area contributed by atoms with Crippen molar-refractivity contribution in [1.29, 1.82) is 0 Å². The number of amides is 2. The Kier molecular flexibility index (Phi) is 7.21. The lowest BCUT2D eigenvalue weighted by Gasteiger charge is -2.22. The van der Waals surface area contributed by atoms with Crippen LogP contribution in [0, 0.1) is 5.82 Å². The summed E-state index contributed by atoms with van der Waals surface area (Å²) in [5, 5.41) is 3.21. The number of ether oxygens (including phenoxy) is 1. The van der Waals surface area contributed by atoms with Gasteiger partial charge in [0, 0.05) is 19.2 Å². The molecule has 0 aliphatic heterocycles. The number of hydrogen-bond donors (Lipinski definition) is 3. The zero-order chi connectivity index (χ0) is 26.7. The fraction of sp³-hybridized carbons (Fsp3) is 0.200. The highest BCUT2D eigenvalue weighted by Gasteiger charge is 2.32. The van der Waals surface area contributed by atoms with Gasteiger partial charge in [0.25, 0.3) is 0 Å². The molecule has 0 spiro atoms. The van der Waals surface area contributed by atoms with Crippen LogP contribution in [0.2, 0.25) is 0 Å². The lowest BCUT2D eigenvalue weighted by molar-refractivity contribution is -0.137. The molecule has 3 aromatic carbocycles. The minimum absolute atomic E-state index is 0.0653. The summed E-state index contributed by atoms with van der Waals surface area (Å²) in [5.41, 5.74) is 5.22. The van der Waals surface area contributed by atoms with Crippen molar-refractivity contribution in [2.75, 3.05) is 37.4 Å². The van der Waals surface area contributed by atoms with E-state index >= 15 is 0 Å². The van der Waals surface area contributed by atoms with Crippen LogP contribution in [0.3, 0.4) is 0 Å². The average molecular weight is 516 g/mol. The number of hydrogen-bond acceptors (Lipinski definition) is 5. The molecule has 2 amide bonds. The van der Waals surface area contributed by atoms with Crippen LogP contribution in [0.15, 0.2) is 60.7 Å². The molecule has 37 heavy (non-hydrogen) atoms. The Labute approximate surface area is 209 Å². The molecule has 0 saturated carbocycles. The fourth-order valence-corrected chi connectivity index (χ4v) is 3.58. The minimum atomic E-state index is -4.72. The van der Waals surface area contributed by atoms with E-state index in [1.54, 1.807) is 18.2 Å². The zero-order valence-electron chi connectivity index (χ0n) is 19.9. The Morgan fingerprint density at radius 2 is 1.76 bits per heavy atom. The van der Waals surface area contributed by atoms with Crippen molar-refractivity contribution in [2.45, 2.75) is 6.18 Å². The number of halogens is 4. The number of nitrogens with zero attached hydrogens (tertiary/aromatic N) is 3. The number of nitrogens with two attached hydrogens (primary N) is 1. The summed E-state index contributed by atoms with van der Waals surface area (Å²) >= 11 is 0. The molecule has 0 aliphatic rings. The van der Waals surface area contributed by atoms with Crippen molar-refractivity contribution in [3.05, 3.63) is 72.0 Å². The SMILES string of the molecule is CN(C)CCNc1nc2ccc(Oc3ccc(N(C(N)=O)c4cc(C(F)(F)F)ccc4F)cc3)cc2[nH]1. The predicted octanol–water partition coefficient (Wildman–Crippen LogP) is 5.70. The molecule has 12 heteroatoms. The van der Waals surface area contributed by atoms with Crippen LogP contribution >= 0.6 is 0 Å². The number of H-pyrrole nitrogens is 1. The molecule has 4 aromatic rings. The molecule has 1 aromatic heterocycles. The van der Waals surface area contributed by atoms with Gasteiger partial charge in [0.2, 0.25) is 5.95 Å². The van der Waals surface area contributed by atoms with E-state index in [4.69, 9.17) is 10.5 Å². The first-order valence-electron chi connectivity index (χ1n) is 11.1. The maximum absolute atomic E-state index is 14.4. The van der Waals surface area contributed by atoms with Gasteiger partial charge >= 0.3 is 12.2 Å². The summed E-state index contributed by atoms with van der Waals surface area (Å²) in [6.45, 7) is 1.56. The third-order valence-electron chi connectivity index (χ3n) is 5.37. The first-order valence-corrected chi connectivity index (χ1v) is 11.1. The van der Waals surface area contributed by atoms with E-state index < -0.39 is 29.3 Å². The van der Waals surface area contributed by atoms with E-state index in [2.05, 4.69) is 15.3 Å². The average Bonchev–Trinajstić information content (AvgIpc) is 3.22. The molecule has 4 N–H and O–H groups in total. The van der Waals surface area contributed by atoms with Gasteiger partial charge in [0.05, 0.1) is 28.0 Å². The second-order valence-electron chi connectivity index (χ2n) is 8.43. The van der Waals surface area contributed by atoms with E-state index in [0.29, 0.717) is 40.5 Å². The fourth-order valence-electron chi connectivity index (χ4n) is 3.58. The predicted molar refractivity (Wildman–Crippen MR) is 133 cm³/mol. The molecule has 0 unspecified atom stereocenters. The van der Waals surface area contributed by atoms with Crippen LogP contribution < -0.4 is 20.7 Å². The molecule has 0 atom stereocenters. The Morgan fingerprint density at radius 1 is 1.05 bits per heavy atom. The number of likely N-dealkylation sites (N-methyl/N-ethyl adjacent to an activating group) is 1. The molecule has 0 saturated heterocycles. The van der Waals surface area contributed by atoms with Crippen LogP contribution in [-0.4, -0.2) is 48.1 Å². The highest BCUT2D eigenvalue weighted by Crippen LogP contribution is 2.36. The van der Waals surface area contributed by atoms with Gasteiger partial charge in [0.15, 0.2) is 0 Å². The van der Waals surface area contributed by atoms with E-state index in [1.165, 1.54) is 24.3 Å². The lowest BCUT2D eigenvalue weighted by atomic mass is 10.1. The summed E-state index contributed by atoms with van der Waals surface area (Å²) in [4.78, 5) is 22.4. The Bertz CT molecular complexity index is 1400. The molecule has 0 fully saturated rings. The third kappa shape index (κ3) is 6.09. The molecule has 0 bridgehead atoms. The van der Waals surface area contributed by atoms with E-state index in [1.807, 2.05) is 19.0 Å². The Balaban J connectivity index is 1.53. The number of urea groups is 1. The maximum atomic E-state index is 14.4. The molecule has 0 aliphatic carbocycles. The number of primary amides is 1. The quantitative estimate of drug-likeness (QED) is 0.261. The molecule has 4 rings (SSSR count). The first kappa shape index (κ1) is 25.8. The molecule has 8 nitrogen and oxygen atoms in total. The number of rotatable bonds is 8. The summed E-state index contributed by atoms with van der Waals surface area (Å²) in [6.07, 6.45) is -4.72. The number of carbonyl (C=O) groups excluding carboxylic acids is 1. The Hall–Kier alpha value is -4.32. The van der Waals surface area contributed by atoms with E-state index in [9.17, 15) is 22.4 Å². The van der Waals surface area contributed by atoms with Gasteiger partial charge < -0.3 is 25.7 Å². The number of alkyl halides is 3. The molecule has 0 radical (unpaired) electrons. The van der Waals surface area contributed by atoms with Gasteiger partial charge in [-0.25, -0.2) is 14.2 Å². The van der Waals surface area contributed by atoms with Gasteiger partial charge in [-0.1, -0.05) is 0 Å². The van der Waals surface area contributed by atoms with Crippen molar-refractivity contribution in [3.63, 3.8) is 0 Å². The number of imidazole rings is 1. The zero-order valence-corrected chi connectivity index (χ0v) is 19.9. The van der Waals surface area contributed by atoms with Crippen LogP contribution in [0.4, 0.5) is 39.7 Å². The van der Waals surface area contributed by atoms with E-state index in [-0.39, 0.29) is 5.69 Å². The Morgan fingerprint density at radius 3 is 2.41 bits per heavy atom. The van der Waals surface area contributed by atoms with Crippen LogP contribution in [-0.2, 0) is 6.18 Å². The molecular formula is C25H24F4N6O2. The van der Waals surface area contributed by atoms with Gasteiger partial charge in [-0.15, -0.1) is 0 Å².